The average Bonchev–Trinajstić information content (AvgIpc) is 2.81. The zero-order valence-corrected chi connectivity index (χ0v) is 12.2. The first-order chi connectivity index (χ1) is 9.11. The highest BCUT2D eigenvalue weighted by Crippen LogP contribution is 2.25. The fourth-order valence-corrected chi connectivity index (χ4v) is 2.94. The van der Waals surface area contributed by atoms with Gasteiger partial charge in [-0.2, -0.15) is 0 Å². The number of benzene rings is 1. The van der Waals surface area contributed by atoms with Crippen molar-refractivity contribution in [3.63, 3.8) is 0 Å². The zero-order chi connectivity index (χ0) is 13.8. The Bertz CT molecular complexity index is 534. The smallest absolute Gasteiger partial charge is 0.191 e. The first kappa shape index (κ1) is 14.1. The van der Waals surface area contributed by atoms with Crippen molar-refractivity contribution in [2.75, 3.05) is 0 Å². The molecule has 0 unspecified atom stereocenters. The second kappa shape index (κ2) is 6.19. The number of hydrogen-bond acceptors (Lipinski definition) is 3. The van der Waals surface area contributed by atoms with Crippen LogP contribution >= 0.6 is 11.8 Å². The quantitative estimate of drug-likeness (QED) is 0.779. The Morgan fingerprint density at radius 1 is 1.21 bits per heavy atom. The molecule has 1 heterocycles. The lowest BCUT2D eigenvalue weighted by Gasteiger charge is -2.12. The second-order valence-electron chi connectivity index (χ2n) is 4.63. The Morgan fingerprint density at radius 3 is 2.47 bits per heavy atom. The number of aryl methyl sites for hydroxylation is 1. The summed E-state index contributed by atoms with van der Waals surface area (Å²) < 4.78 is 15.0. The minimum absolute atomic E-state index is 0.202. The number of nitrogens with zero attached hydrogens (tertiary/aromatic N) is 3. The van der Waals surface area contributed by atoms with E-state index >= 15 is 0 Å². The lowest BCUT2D eigenvalue weighted by molar-refractivity contribution is 0.528. The summed E-state index contributed by atoms with van der Waals surface area (Å²) in [4.78, 5) is 0. The van der Waals surface area contributed by atoms with E-state index in [0.717, 1.165) is 28.7 Å². The molecule has 5 heteroatoms. The molecular formula is C14H18FN3S. The number of hydrogen-bond donors (Lipinski definition) is 0. The normalized spacial score (nSPS) is 11.2. The van der Waals surface area contributed by atoms with Crippen LogP contribution in [0.3, 0.4) is 0 Å². The van der Waals surface area contributed by atoms with Crippen molar-refractivity contribution in [2.24, 2.45) is 0 Å². The summed E-state index contributed by atoms with van der Waals surface area (Å²) in [5, 5.41) is 9.38. The van der Waals surface area contributed by atoms with E-state index in [9.17, 15) is 4.39 Å². The zero-order valence-electron chi connectivity index (χ0n) is 11.4. The van der Waals surface area contributed by atoms with Gasteiger partial charge < -0.3 is 4.57 Å². The van der Waals surface area contributed by atoms with Crippen molar-refractivity contribution in [3.8, 4) is 0 Å². The molecule has 2 rings (SSSR count). The van der Waals surface area contributed by atoms with E-state index < -0.39 is 0 Å². The van der Waals surface area contributed by atoms with Crippen LogP contribution in [0.25, 0.3) is 0 Å². The molecule has 0 aliphatic carbocycles. The Morgan fingerprint density at radius 2 is 1.89 bits per heavy atom. The highest BCUT2D eigenvalue weighted by Gasteiger charge is 2.13. The summed E-state index contributed by atoms with van der Waals surface area (Å²) in [6, 6.07) is 6.93. The Balaban J connectivity index is 2.11. The third-order valence-electron chi connectivity index (χ3n) is 2.85. The first-order valence-corrected chi connectivity index (χ1v) is 7.41. The molecule has 0 fully saturated rings. The molecular weight excluding hydrogens is 261 g/mol. The lowest BCUT2D eigenvalue weighted by atomic mass is 10.2. The predicted molar refractivity (Wildman–Crippen MR) is 75.7 cm³/mol. The molecule has 0 atom stereocenters. The average molecular weight is 279 g/mol. The van der Waals surface area contributed by atoms with Crippen LogP contribution in [0.2, 0.25) is 0 Å². The molecule has 3 nitrogen and oxygen atoms in total. The lowest BCUT2D eigenvalue weighted by Crippen LogP contribution is -2.07. The van der Waals surface area contributed by atoms with Gasteiger partial charge in [-0.1, -0.05) is 30.8 Å². The van der Waals surface area contributed by atoms with Crippen LogP contribution in [-0.2, 0) is 12.2 Å². The molecule has 1 aromatic heterocycles. The second-order valence-corrected chi connectivity index (χ2v) is 5.57. The van der Waals surface area contributed by atoms with Gasteiger partial charge in [0, 0.05) is 18.2 Å². The van der Waals surface area contributed by atoms with Gasteiger partial charge in [0.25, 0.3) is 0 Å². The van der Waals surface area contributed by atoms with Gasteiger partial charge in [0.2, 0.25) is 0 Å². The van der Waals surface area contributed by atoms with Crippen LogP contribution in [0.1, 0.15) is 38.2 Å². The van der Waals surface area contributed by atoms with Crippen molar-refractivity contribution < 1.29 is 4.39 Å². The van der Waals surface area contributed by atoms with E-state index in [1.807, 2.05) is 0 Å². The van der Waals surface area contributed by atoms with E-state index in [4.69, 9.17) is 0 Å². The maximum absolute atomic E-state index is 12.8. The highest BCUT2D eigenvalue weighted by molar-refractivity contribution is 7.98. The van der Waals surface area contributed by atoms with Crippen LogP contribution in [-0.4, -0.2) is 14.8 Å². The van der Waals surface area contributed by atoms with E-state index in [0.29, 0.717) is 6.04 Å². The van der Waals surface area contributed by atoms with E-state index in [2.05, 4.69) is 35.5 Å². The van der Waals surface area contributed by atoms with Crippen LogP contribution in [0, 0.1) is 5.82 Å². The molecule has 0 radical (unpaired) electrons. The molecule has 19 heavy (non-hydrogen) atoms. The van der Waals surface area contributed by atoms with Gasteiger partial charge in [-0.15, -0.1) is 10.2 Å². The van der Waals surface area contributed by atoms with E-state index in [1.165, 1.54) is 12.1 Å². The third kappa shape index (κ3) is 3.35. The number of halogens is 1. The SMILES string of the molecule is CCc1nnc(SCc2ccc(F)cc2)n1C(C)C. The molecule has 0 saturated heterocycles. The molecule has 0 N–H and O–H groups in total. The third-order valence-corrected chi connectivity index (χ3v) is 3.86. The summed E-state index contributed by atoms with van der Waals surface area (Å²) in [5.41, 5.74) is 1.09. The Labute approximate surface area is 117 Å². The van der Waals surface area contributed by atoms with Crippen molar-refractivity contribution in [3.05, 3.63) is 41.5 Å². The van der Waals surface area contributed by atoms with Crippen molar-refractivity contribution in [2.45, 2.75) is 44.1 Å². The van der Waals surface area contributed by atoms with Gasteiger partial charge >= 0.3 is 0 Å². The Hall–Kier alpha value is -1.36. The minimum Gasteiger partial charge on any atom is -0.303 e. The molecule has 0 amide bonds. The molecule has 102 valence electrons. The van der Waals surface area contributed by atoms with Gasteiger partial charge in [0.1, 0.15) is 11.6 Å². The van der Waals surface area contributed by atoms with Crippen LogP contribution in [0.15, 0.2) is 29.4 Å². The molecule has 0 saturated carbocycles. The fraction of sp³-hybridized carbons (Fsp3) is 0.429. The molecule has 0 aliphatic rings. The van der Waals surface area contributed by atoms with Crippen molar-refractivity contribution in [1.29, 1.82) is 0 Å². The molecule has 0 bridgehead atoms. The largest absolute Gasteiger partial charge is 0.303 e. The predicted octanol–water partition coefficient (Wildman–Crippen LogP) is 3.85. The highest BCUT2D eigenvalue weighted by atomic mass is 32.2. The number of thioether (sulfide) groups is 1. The van der Waals surface area contributed by atoms with Gasteiger partial charge in [-0.05, 0) is 31.5 Å². The van der Waals surface area contributed by atoms with Crippen LogP contribution in [0.5, 0.6) is 0 Å². The van der Waals surface area contributed by atoms with Crippen molar-refractivity contribution in [1.82, 2.24) is 14.8 Å². The Kier molecular flexibility index (Phi) is 4.58. The number of aromatic nitrogens is 3. The fourth-order valence-electron chi connectivity index (χ4n) is 1.89. The topological polar surface area (TPSA) is 30.7 Å². The summed E-state index contributed by atoms with van der Waals surface area (Å²) in [6.45, 7) is 6.34. The van der Waals surface area contributed by atoms with Crippen LogP contribution in [0.4, 0.5) is 4.39 Å². The standard InChI is InChI=1S/C14H18FN3S/c1-4-13-16-17-14(18(13)10(2)3)19-9-11-5-7-12(15)8-6-11/h5-8,10H,4,9H2,1-3H3. The van der Waals surface area contributed by atoms with Gasteiger partial charge in [0.15, 0.2) is 5.16 Å². The maximum atomic E-state index is 12.8. The van der Waals surface area contributed by atoms with Gasteiger partial charge in [0.05, 0.1) is 0 Å². The molecule has 0 aliphatic heterocycles. The van der Waals surface area contributed by atoms with Crippen molar-refractivity contribution >= 4 is 11.8 Å². The summed E-state index contributed by atoms with van der Waals surface area (Å²) in [7, 11) is 0. The molecule has 1 aromatic carbocycles. The van der Waals surface area contributed by atoms with Gasteiger partial charge in [-0.3, -0.25) is 0 Å². The van der Waals surface area contributed by atoms with E-state index in [1.54, 1.807) is 23.9 Å². The summed E-state index contributed by atoms with van der Waals surface area (Å²) in [5.74, 6) is 1.58. The molecule has 2 aromatic rings. The van der Waals surface area contributed by atoms with Gasteiger partial charge in [-0.25, -0.2) is 4.39 Å². The first-order valence-electron chi connectivity index (χ1n) is 6.42. The van der Waals surface area contributed by atoms with E-state index in [-0.39, 0.29) is 5.82 Å². The summed E-state index contributed by atoms with van der Waals surface area (Å²) >= 11 is 1.64. The molecule has 0 spiro atoms. The minimum atomic E-state index is -0.202. The monoisotopic (exact) mass is 279 g/mol. The maximum Gasteiger partial charge on any atom is 0.191 e. The summed E-state index contributed by atoms with van der Waals surface area (Å²) in [6.07, 6.45) is 0.877. The number of rotatable bonds is 5. The van der Waals surface area contributed by atoms with Crippen LogP contribution < -0.4 is 0 Å².